The van der Waals surface area contributed by atoms with Gasteiger partial charge in [0.2, 0.25) is 0 Å². The average molecular weight is 268 g/mol. The Morgan fingerprint density at radius 2 is 2.29 bits per heavy atom. The second kappa shape index (κ2) is 4.20. The normalized spacial score (nSPS) is 28.4. The van der Waals surface area contributed by atoms with Crippen molar-refractivity contribution in [3.05, 3.63) is 46.6 Å². The number of thioether (sulfide) groups is 1. The van der Waals surface area contributed by atoms with E-state index in [2.05, 4.69) is 11.1 Å². The van der Waals surface area contributed by atoms with E-state index in [1.54, 1.807) is 23.4 Å². The third-order valence-electron chi connectivity index (χ3n) is 3.00. The molecular weight excluding hydrogens is 258 g/mol. The highest BCUT2D eigenvalue weighted by Gasteiger charge is 2.46. The maximum Gasteiger partial charge on any atom is 0.336 e. The number of aliphatic carboxylic acids is 1. The lowest BCUT2D eigenvalue weighted by Crippen LogP contribution is -2.31. The van der Waals surface area contributed by atoms with Gasteiger partial charge < -0.3 is 5.11 Å². The van der Waals surface area contributed by atoms with E-state index in [0.29, 0.717) is 5.57 Å². The molecule has 1 unspecified atom stereocenters. The van der Waals surface area contributed by atoms with Gasteiger partial charge in [-0.25, -0.2) is 4.79 Å². The summed E-state index contributed by atoms with van der Waals surface area (Å²) in [6.07, 6.45) is 10.3. The summed E-state index contributed by atoms with van der Waals surface area (Å²) in [5.74, 6) is -0.861. The molecule has 2 aliphatic heterocycles. The summed E-state index contributed by atoms with van der Waals surface area (Å²) in [7, 11) is 0. The Morgan fingerprint density at radius 1 is 1.47 bits per heavy atom. The fourth-order valence-electron chi connectivity index (χ4n) is 2.22. The van der Waals surface area contributed by atoms with Crippen LogP contribution >= 0.6 is 24.2 Å². The molecule has 2 heterocycles. The lowest BCUT2D eigenvalue weighted by atomic mass is 9.83. The maximum atomic E-state index is 11.1. The molecule has 0 radical (unpaired) electrons. The Morgan fingerprint density at radius 3 is 3.06 bits per heavy atom. The van der Waals surface area contributed by atoms with Crippen molar-refractivity contribution >= 4 is 36.4 Å². The first kappa shape index (κ1) is 12.2. The van der Waals surface area contributed by atoms with E-state index in [9.17, 15) is 4.79 Å². The summed E-state index contributed by atoms with van der Waals surface area (Å²) in [5, 5.41) is 10.9. The van der Waals surface area contributed by atoms with Gasteiger partial charge in [-0.15, -0.1) is 24.2 Å². The Kier molecular flexibility index (Phi) is 3.02. The topological polar surface area (TPSA) is 49.7 Å². The molecule has 0 aromatic carbocycles. The predicted molar refractivity (Wildman–Crippen MR) is 71.7 cm³/mol. The van der Waals surface area contributed by atoms with Gasteiger partial charge in [0.05, 0.1) is 16.0 Å². The van der Waals surface area contributed by atoms with Crippen LogP contribution in [0.15, 0.2) is 51.5 Å². The summed E-state index contributed by atoms with van der Waals surface area (Å²) in [6.45, 7) is 0. The smallest absolute Gasteiger partial charge is 0.336 e. The molecule has 3 aliphatic rings. The van der Waals surface area contributed by atoms with Crippen LogP contribution in [-0.4, -0.2) is 22.0 Å². The van der Waals surface area contributed by atoms with E-state index in [1.165, 1.54) is 0 Å². The average Bonchev–Trinajstić information content (AvgIpc) is 2.66. The molecule has 1 atom stereocenters. The first-order valence-corrected chi connectivity index (χ1v) is 5.86. The lowest BCUT2D eigenvalue weighted by Gasteiger charge is -2.33. The molecule has 17 heavy (non-hydrogen) atoms. The van der Waals surface area contributed by atoms with Crippen LogP contribution in [0.4, 0.5) is 0 Å². The van der Waals surface area contributed by atoms with Crippen LogP contribution in [0.25, 0.3) is 0 Å². The first-order chi connectivity index (χ1) is 7.74. The van der Waals surface area contributed by atoms with E-state index < -0.39 is 5.97 Å². The van der Waals surface area contributed by atoms with Crippen molar-refractivity contribution in [3.8, 4) is 0 Å². The number of carboxylic acid groups (broad SMARTS) is 1. The number of rotatable bonds is 1. The SMILES string of the molecule is Cl.O=C(O)C1=CSC23CC=CC=C2N=CC=C13. The molecule has 3 rings (SSSR count). The van der Waals surface area contributed by atoms with Crippen LogP contribution in [0.3, 0.4) is 0 Å². The zero-order valence-electron chi connectivity index (χ0n) is 8.79. The Bertz CT molecular complexity index is 531. The number of dihydropyridines is 1. The maximum absolute atomic E-state index is 11.1. The van der Waals surface area contributed by atoms with Crippen LogP contribution in [0, 0.1) is 0 Å². The molecule has 5 heteroatoms. The van der Waals surface area contributed by atoms with Gasteiger partial charge in [0.15, 0.2) is 0 Å². The number of aliphatic imine (C=N–C) groups is 1. The van der Waals surface area contributed by atoms with Crippen molar-refractivity contribution in [1.82, 2.24) is 0 Å². The van der Waals surface area contributed by atoms with E-state index in [0.717, 1.165) is 17.7 Å². The highest BCUT2D eigenvalue weighted by molar-refractivity contribution is 8.04. The van der Waals surface area contributed by atoms with Gasteiger partial charge in [-0.3, -0.25) is 4.99 Å². The summed E-state index contributed by atoms with van der Waals surface area (Å²) >= 11 is 1.55. The third kappa shape index (κ3) is 1.59. The predicted octanol–water partition coefficient (Wildman–Crippen LogP) is 2.72. The fourth-order valence-corrected chi connectivity index (χ4v) is 3.51. The Balaban J connectivity index is 0.00000108. The number of halogens is 1. The summed E-state index contributed by atoms with van der Waals surface area (Å²) < 4.78 is -0.281. The van der Waals surface area contributed by atoms with Crippen LogP contribution in [-0.2, 0) is 4.79 Å². The van der Waals surface area contributed by atoms with E-state index >= 15 is 0 Å². The van der Waals surface area contributed by atoms with Gasteiger partial charge in [0.25, 0.3) is 0 Å². The molecule has 0 fully saturated rings. The first-order valence-electron chi connectivity index (χ1n) is 4.98. The third-order valence-corrected chi connectivity index (χ3v) is 4.35. The van der Waals surface area contributed by atoms with E-state index in [4.69, 9.17) is 5.11 Å². The summed E-state index contributed by atoms with van der Waals surface area (Å²) in [4.78, 5) is 15.5. The van der Waals surface area contributed by atoms with Crippen LogP contribution in [0.5, 0.6) is 0 Å². The Hall–Kier alpha value is -1.26. The van der Waals surface area contributed by atoms with Crippen LogP contribution in [0.2, 0.25) is 0 Å². The molecule has 3 nitrogen and oxygen atoms in total. The zero-order valence-corrected chi connectivity index (χ0v) is 10.4. The molecular formula is C12H10ClNO2S. The number of carboxylic acids is 1. The van der Waals surface area contributed by atoms with Gasteiger partial charge in [0.1, 0.15) is 0 Å². The van der Waals surface area contributed by atoms with Gasteiger partial charge in [0, 0.05) is 6.21 Å². The van der Waals surface area contributed by atoms with Crippen molar-refractivity contribution in [2.75, 3.05) is 0 Å². The van der Waals surface area contributed by atoms with Gasteiger partial charge in [-0.05, 0) is 29.6 Å². The van der Waals surface area contributed by atoms with Crippen molar-refractivity contribution in [3.63, 3.8) is 0 Å². The number of nitrogens with zero attached hydrogens (tertiary/aromatic N) is 1. The van der Waals surface area contributed by atoms with Crippen LogP contribution in [0.1, 0.15) is 6.42 Å². The van der Waals surface area contributed by atoms with Gasteiger partial charge >= 0.3 is 5.97 Å². The van der Waals surface area contributed by atoms with Crippen LogP contribution < -0.4 is 0 Å². The highest BCUT2D eigenvalue weighted by Crippen LogP contribution is 2.54. The number of allylic oxidation sites excluding steroid dienone is 4. The number of hydrogen-bond acceptors (Lipinski definition) is 3. The molecule has 1 N–H and O–H groups in total. The largest absolute Gasteiger partial charge is 0.478 e. The zero-order chi connectivity index (χ0) is 11.2. The number of carbonyl (C=O) groups is 1. The van der Waals surface area contributed by atoms with Crippen molar-refractivity contribution in [2.45, 2.75) is 11.2 Å². The minimum atomic E-state index is -0.861. The monoisotopic (exact) mass is 267 g/mol. The molecule has 0 aromatic rings. The Labute approximate surface area is 109 Å². The lowest BCUT2D eigenvalue weighted by molar-refractivity contribution is -0.132. The van der Waals surface area contributed by atoms with E-state index in [1.807, 2.05) is 18.2 Å². The second-order valence-electron chi connectivity index (χ2n) is 3.82. The van der Waals surface area contributed by atoms with Crippen molar-refractivity contribution in [2.24, 2.45) is 4.99 Å². The minimum absolute atomic E-state index is 0. The summed E-state index contributed by atoms with van der Waals surface area (Å²) in [5.41, 5.74) is 2.22. The van der Waals surface area contributed by atoms with E-state index in [-0.39, 0.29) is 17.2 Å². The molecule has 0 aromatic heterocycles. The second-order valence-corrected chi connectivity index (χ2v) is 4.99. The molecule has 0 bridgehead atoms. The molecule has 0 saturated heterocycles. The quantitative estimate of drug-likeness (QED) is 0.795. The molecule has 1 aliphatic carbocycles. The molecule has 88 valence electrons. The molecule has 0 saturated carbocycles. The van der Waals surface area contributed by atoms with Gasteiger partial charge in [-0.2, -0.15) is 0 Å². The number of hydrogen-bond donors (Lipinski definition) is 1. The van der Waals surface area contributed by atoms with Gasteiger partial charge in [-0.1, -0.05) is 12.2 Å². The summed E-state index contributed by atoms with van der Waals surface area (Å²) in [6, 6.07) is 0. The fraction of sp³-hybridized carbons (Fsp3) is 0.167. The van der Waals surface area contributed by atoms with Crippen molar-refractivity contribution < 1.29 is 9.90 Å². The standard InChI is InChI=1S/C12H9NO2S.ClH/c14-11(15)8-7-16-12-5-2-1-3-10(12)13-6-4-9(8)12;/h1-4,6-7H,5H2,(H,14,15);1H. The van der Waals surface area contributed by atoms with Crippen molar-refractivity contribution in [1.29, 1.82) is 0 Å². The highest BCUT2D eigenvalue weighted by atomic mass is 35.5. The molecule has 1 spiro atoms. The minimum Gasteiger partial charge on any atom is -0.478 e. The molecule has 0 amide bonds.